The standard InChI is InChI=1S/C21H20N2O5/c24-20(14-5-2-1-3-6-14)22-16-9-10-17(22)13-19(12-16)28-21(25)15-7-4-8-18(11-15)23(26)27/h1-8,11,16-17,19H,9-10,12-13H2/t16-,17+,19?. The number of carbonyl (C=O) groups excluding carboxylic acids is 2. The fraction of sp³-hybridized carbons (Fsp3) is 0.333. The van der Waals surface area contributed by atoms with Crippen molar-refractivity contribution in [3.63, 3.8) is 0 Å². The molecule has 2 aromatic rings. The van der Waals surface area contributed by atoms with Crippen LogP contribution in [-0.4, -0.2) is 39.9 Å². The van der Waals surface area contributed by atoms with Gasteiger partial charge in [0, 0.05) is 42.6 Å². The van der Waals surface area contributed by atoms with Gasteiger partial charge in [0.15, 0.2) is 0 Å². The maximum atomic E-state index is 12.9. The van der Waals surface area contributed by atoms with E-state index in [4.69, 9.17) is 4.74 Å². The predicted octanol–water partition coefficient (Wildman–Crippen LogP) is 3.59. The highest BCUT2D eigenvalue weighted by molar-refractivity contribution is 5.95. The van der Waals surface area contributed by atoms with Crippen LogP contribution in [0.4, 0.5) is 5.69 Å². The van der Waals surface area contributed by atoms with Crippen LogP contribution in [0.25, 0.3) is 0 Å². The molecule has 0 spiro atoms. The first kappa shape index (κ1) is 18.2. The van der Waals surface area contributed by atoms with Crippen LogP contribution in [0.5, 0.6) is 0 Å². The van der Waals surface area contributed by atoms with Gasteiger partial charge in [-0.05, 0) is 31.0 Å². The van der Waals surface area contributed by atoms with E-state index in [0.29, 0.717) is 18.4 Å². The fourth-order valence-electron chi connectivity index (χ4n) is 4.25. The number of non-ortho nitro benzene ring substituents is 1. The molecule has 28 heavy (non-hydrogen) atoms. The monoisotopic (exact) mass is 380 g/mol. The van der Waals surface area contributed by atoms with E-state index in [9.17, 15) is 19.7 Å². The zero-order chi connectivity index (χ0) is 19.7. The van der Waals surface area contributed by atoms with E-state index in [0.717, 1.165) is 12.8 Å². The summed E-state index contributed by atoms with van der Waals surface area (Å²) in [7, 11) is 0. The Labute approximate surface area is 162 Å². The Balaban J connectivity index is 1.43. The van der Waals surface area contributed by atoms with Crippen LogP contribution in [0.3, 0.4) is 0 Å². The van der Waals surface area contributed by atoms with Crippen LogP contribution < -0.4 is 0 Å². The lowest BCUT2D eigenvalue weighted by Gasteiger charge is -2.38. The molecule has 1 unspecified atom stereocenters. The lowest BCUT2D eigenvalue weighted by atomic mass is 9.98. The SMILES string of the molecule is O=C(OC1C[C@H]2CC[C@@H](C1)N2C(=O)c1ccccc1)c1cccc([N+](=O)[O-])c1. The van der Waals surface area contributed by atoms with Gasteiger partial charge in [-0.15, -0.1) is 0 Å². The average Bonchev–Trinajstić information content (AvgIpc) is 2.98. The number of piperidine rings is 1. The summed E-state index contributed by atoms with van der Waals surface area (Å²) in [6, 6.07) is 14.9. The molecule has 4 rings (SSSR count). The van der Waals surface area contributed by atoms with Crippen molar-refractivity contribution in [2.24, 2.45) is 0 Å². The minimum atomic E-state index is -0.559. The van der Waals surface area contributed by atoms with Crippen LogP contribution in [0.1, 0.15) is 46.4 Å². The summed E-state index contributed by atoms with van der Waals surface area (Å²) < 4.78 is 5.63. The number of ether oxygens (including phenoxy) is 1. The van der Waals surface area contributed by atoms with Gasteiger partial charge in [-0.3, -0.25) is 14.9 Å². The van der Waals surface area contributed by atoms with Crippen molar-refractivity contribution < 1.29 is 19.2 Å². The molecule has 7 nitrogen and oxygen atoms in total. The number of hydrogen-bond donors (Lipinski definition) is 0. The number of carbonyl (C=O) groups is 2. The van der Waals surface area contributed by atoms with Crippen molar-refractivity contribution in [3.8, 4) is 0 Å². The lowest BCUT2D eigenvalue weighted by molar-refractivity contribution is -0.384. The maximum Gasteiger partial charge on any atom is 0.338 e. The summed E-state index contributed by atoms with van der Waals surface area (Å²) in [6.45, 7) is 0. The minimum Gasteiger partial charge on any atom is -0.459 e. The molecule has 2 aromatic carbocycles. The Morgan fingerprint density at radius 1 is 0.964 bits per heavy atom. The van der Waals surface area contributed by atoms with Gasteiger partial charge in [0.2, 0.25) is 0 Å². The summed E-state index contributed by atoms with van der Waals surface area (Å²) in [5.74, 6) is -0.535. The smallest absolute Gasteiger partial charge is 0.338 e. The highest BCUT2D eigenvalue weighted by Crippen LogP contribution is 2.38. The number of hydrogen-bond acceptors (Lipinski definition) is 5. The number of rotatable bonds is 4. The van der Waals surface area contributed by atoms with Crippen LogP contribution in [0.2, 0.25) is 0 Å². The van der Waals surface area contributed by atoms with Gasteiger partial charge >= 0.3 is 5.97 Å². The van der Waals surface area contributed by atoms with Crippen LogP contribution >= 0.6 is 0 Å². The Bertz CT molecular complexity index is 900. The lowest BCUT2D eigenvalue weighted by Crippen LogP contribution is -2.48. The fourth-order valence-corrected chi connectivity index (χ4v) is 4.25. The largest absolute Gasteiger partial charge is 0.459 e. The number of nitro benzene ring substituents is 1. The van der Waals surface area contributed by atoms with Gasteiger partial charge in [-0.1, -0.05) is 24.3 Å². The van der Waals surface area contributed by atoms with Crippen molar-refractivity contribution in [3.05, 3.63) is 75.8 Å². The molecule has 0 aliphatic carbocycles. The van der Waals surface area contributed by atoms with Gasteiger partial charge in [-0.2, -0.15) is 0 Å². The minimum absolute atomic E-state index is 0.0246. The third-order valence-electron chi connectivity index (χ3n) is 5.51. The van der Waals surface area contributed by atoms with Crippen LogP contribution in [-0.2, 0) is 4.74 Å². The Hall–Kier alpha value is -3.22. The zero-order valence-corrected chi connectivity index (χ0v) is 15.2. The van der Waals surface area contributed by atoms with Gasteiger partial charge in [0.1, 0.15) is 6.10 Å². The van der Waals surface area contributed by atoms with Gasteiger partial charge in [0.05, 0.1) is 10.5 Å². The van der Waals surface area contributed by atoms with Crippen molar-refractivity contribution in [2.45, 2.75) is 43.9 Å². The molecule has 3 atom stereocenters. The van der Waals surface area contributed by atoms with E-state index < -0.39 is 10.9 Å². The van der Waals surface area contributed by atoms with Crippen LogP contribution in [0, 0.1) is 10.1 Å². The molecule has 2 aliphatic heterocycles. The zero-order valence-electron chi connectivity index (χ0n) is 15.2. The van der Waals surface area contributed by atoms with Crippen molar-refractivity contribution in [1.29, 1.82) is 0 Å². The molecular weight excluding hydrogens is 360 g/mol. The Kier molecular flexibility index (Phi) is 4.81. The van der Waals surface area contributed by atoms with Crippen LogP contribution in [0.15, 0.2) is 54.6 Å². The molecule has 0 saturated carbocycles. The highest BCUT2D eigenvalue weighted by Gasteiger charge is 2.44. The summed E-state index contributed by atoms with van der Waals surface area (Å²) in [5, 5.41) is 10.9. The molecule has 0 aromatic heterocycles. The Morgan fingerprint density at radius 2 is 1.61 bits per heavy atom. The molecule has 7 heteroatoms. The molecule has 2 aliphatic rings. The summed E-state index contributed by atoms with van der Waals surface area (Å²) in [5.41, 5.74) is 0.702. The van der Waals surface area contributed by atoms with E-state index in [1.54, 1.807) is 0 Å². The van der Waals surface area contributed by atoms with Crippen molar-refractivity contribution in [1.82, 2.24) is 4.90 Å². The van der Waals surface area contributed by atoms with E-state index >= 15 is 0 Å². The average molecular weight is 380 g/mol. The second kappa shape index (κ2) is 7.42. The molecule has 0 radical (unpaired) electrons. The van der Waals surface area contributed by atoms with E-state index in [1.807, 2.05) is 35.2 Å². The summed E-state index contributed by atoms with van der Waals surface area (Å²) in [6.07, 6.45) is 2.69. The normalized spacial score (nSPS) is 23.3. The number of nitrogens with zero attached hydrogens (tertiary/aromatic N) is 2. The highest BCUT2D eigenvalue weighted by atomic mass is 16.6. The number of fused-ring (bicyclic) bond motifs is 2. The van der Waals surface area contributed by atoms with Crippen molar-refractivity contribution >= 4 is 17.6 Å². The molecule has 2 bridgehead atoms. The number of amides is 1. The van der Waals surface area contributed by atoms with Gasteiger partial charge < -0.3 is 9.64 Å². The molecule has 144 valence electrons. The summed E-state index contributed by atoms with van der Waals surface area (Å²) >= 11 is 0. The van der Waals surface area contributed by atoms with Gasteiger partial charge in [-0.25, -0.2) is 4.79 Å². The first-order valence-electron chi connectivity index (χ1n) is 9.36. The summed E-state index contributed by atoms with van der Waals surface area (Å²) in [4.78, 5) is 37.6. The number of nitro groups is 1. The number of esters is 1. The molecule has 2 fully saturated rings. The first-order valence-corrected chi connectivity index (χ1v) is 9.36. The molecule has 2 saturated heterocycles. The first-order chi connectivity index (χ1) is 13.5. The molecule has 1 amide bonds. The number of benzene rings is 2. The maximum absolute atomic E-state index is 12.9. The van der Waals surface area contributed by atoms with E-state index in [2.05, 4.69) is 0 Å². The molecular formula is C21H20N2O5. The van der Waals surface area contributed by atoms with E-state index in [-0.39, 0.29) is 35.3 Å². The van der Waals surface area contributed by atoms with E-state index in [1.165, 1.54) is 24.3 Å². The molecule has 2 heterocycles. The quantitative estimate of drug-likeness (QED) is 0.459. The Morgan fingerprint density at radius 3 is 2.25 bits per heavy atom. The third-order valence-corrected chi connectivity index (χ3v) is 5.51. The second-order valence-corrected chi connectivity index (χ2v) is 7.27. The third kappa shape index (κ3) is 3.47. The van der Waals surface area contributed by atoms with Crippen molar-refractivity contribution in [2.75, 3.05) is 0 Å². The topological polar surface area (TPSA) is 89.8 Å². The predicted molar refractivity (Wildman–Crippen MR) is 101 cm³/mol. The second-order valence-electron chi connectivity index (χ2n) is 7.27. The van der Waals surface area contributed by atoms with Gasteiger partial charge in [0.25, 0.3) is 11.6 Å². The molecule has 0 N–H and O–H groups in total.